The highest BCUT2D eigenvalue weighted by atomic mass is 19.3. The van der Waals surface area contributed by atoms with Gasteiger partial charge in [0, 0.05) is 12.1 Å². The first-order valence-corrected chi connectivity index (χ1v) is 5.96. The third-order valence-corrected chi connectivity index (χ3v) is 2.53. The first kappa shape index (κ1) is 14.5. The summed E-state index contributed by atoms with van der Waals surface area (Å²) in [4.78, 5) is 0. The summed E-state index contributed by atoms with van der Waals surface area (Å²) in [6.07, 6.45) is 1.97. The molecule has 1 N–H and O–H groups in total. The SMILES string of the molecule is CCCC(C)Nc1cc(OC)ccc1OC(F)F. The predicted octanol–water partition coefficient (Wildman–Crippen LogP) is 3.90. The number of nitrogens with one attached hydrogen (secondary N) is 1. The van der Waals surface area contributed by atoms with Gasteiger partial charge in [0.15, 0.2) is 0 Å². The molecule has 0 aliphatic rings. The fourth-order valence-electron chi connectivity index (χ4n) is 1.72. The number of ether oxygens (including phenoxy) is 2. The first-order valence-electron chi connectivity index (χ1n) is 5.96. The van der Waals surface area contributed by atoms with Crippen molar-refractivity contribution >= 4 is 5.69 Å². The Morgan fingerprint density at radius 3 is 2.61 bits per heavy atom. The minimum absolute atomic E-state index is 0.133. The van der Waals surface area contributed by atoms with E-state index in [-0.39, 0.29) is 11.8 Å². The summed E-state index contributed by atoms with van der Waals surface area (Å²) in [7, 11) is 1.53. The molecule has 1 aromatic rings. The number of anilines is 1. The average Bonchev–Trinajstić information content (AvgIpc) is 2.31. The van der Waals surface area contributed by atoms with E-state index >= 15 is 0 Å². The van der Waals surface area contributed by atoms with Crippen molar-refractivity contribution in [2.45, 2.75) is 39.3 Å². The van der Waals surface area contributed by atoms with Gasteiger partial charge in [0.1, 0.15) is 11.5 Å². The van der Waals surface area contributed by atoms with Crippen LogP contribution >= 0.6 is 0 Å². The van der Waals surface area contributed by atoms with Crippen LogP contribution in [0.15, 0.2) is 18.2 Å². The van der Waals surface area contributed by atoms with E-state index in [4.69, 9.17) is 4.74 Å². The smallest absolute Gasteiger partial charge is 0.387 e. The van der Waals surface area contributed by atoms with Gasteiger partial charge in [-0.05, 0) is 25.5 Å². The molecule has 5 heteroatoms. The standard InChI is InChI=1S/C13H19F2NO2/c1-4-5-9(2)16-11-8-10(17-3)6-7-12(11)18-13(14)15/h6-9,13,16H,4-5H2,1-3H3. The summed E-state index contributed by atoms with van der Waals surface area (Å²) in [6.45, 7) is 1.23. The third-order valence-electron chi connectivity index (χ3n) is 2.53. The molecule has 3 nitrogen and oxygen atoms in total. The van der Waals surface area contributed by atoms with Crippen LogP contribution in [0.25, 0.3) is 0 Å². The molecule has 0 fully saturated rings. The number of hydrogen-bond donors (Lipinski definition) is 1. The van der Waals surface area contributed by atoms with E-state index < -0.39 is 6.61 Å². The minimum Gasteiger partial charge on any atom is -0.497 e. The summed E-state index contributed by atoms with van der Waals surface area (Å²) in [5.74, 6) is 0.733. The van der Waals surface area contributed by atoms with Crippen LogP contribution in [-0.4, -0.2) is 19.8 Å². The van der Waals surface area contributed by atoms with Crippen LogP contribution in [0.3, 0.4) is 0 Å². The van der Waals surface area contributed by atoms with Gasteiger partial charge in [-0.2, -0.15) is 8.78 Å². The number of halogens is 2. The average molecular weight is 259 g/mol. The van der Waals surface area contributed by atoms with Gasteiger partial charge in [0.2, 0.25) is 0 Å². The zero-order valence-corrected chi connectivity index (χ0v) is 10.9. The van der Waals surface area contributed by atoms with Crippen molar-refractivity contribution < 1.29 is 18.3 Å². The molecule has 0 aromatic heterocycles. The number of hydrogen-bond acceptors (Lipinski definition) is 3. The largest absolute Gasteiger partial charge is 0.497 e. The van der Waals surface area contributed by atoms with Crippen molar-refractivity contribution in [2.75, 3.05) is 12.4 Å². The molecule has 0 aliphatic heterocycles. The molecule has 0 radical (unpaired) electrons. The number of alkyl halides is 2. The Labute approximate surface area is 106 Å². The molecule has 102 valence electrons. The van der Waals surface area contributed by atoms with E-state index in [1.54, 1.807) is 12.1 Å². The number of methoxy groups -OCH3 is 1. The van der Waals surface area contributed by atoms with E-state index in [1.165, 1.54) is 13.2 Å². The van der Waals surface area contributed by atoms with Crippen molar-refractivity contribution in [1.29, 1.82) is 0 Å². The van der Waals surface area contributed by atoms with E-state index in [9.17, 15) is 8.78 Å². The summed E-state index contributed by atoms with van der Waals surface area (Å²) in [5.41, 5.74) is 0.524. The Hall–Kier alpha value is -1.52. The van der Waals surface area contributed by atoms with Crippen LogP contribution in [0.5, 0.6) is 11.5 Å². The highest BCUT2D eigenvalue weighted by Gasteiger charge is 2.12. The van der Waals surface area contributed by atoms with Crippen LogP contribution in [0.4, 0.5) is 14.5 Å². The summed E-state index contributed by atoms with van der Waals surface area (Å²) < 4.78 is 34.1. The molecule has 0 aliphatic carbocycles. The maximum absolute atomic E-state index is 12.3. The van der Waals surface area contributed by atoms with E-state index in [0.717, 1.165) is 12.8 Å². The maximum atomic E-state index is 12.3. The zero-order chi connectivity index (χ0) is 13.5. The molecule has 1 unspecified atom stereocenters. The van der Waals surface area contributed by atoms with Crippen molar-refractivity contribution in [1.82, 2.24) is 0 Å². The molecule has 1 aromatic carbocycles. The molecule has 0 saturated carbocycles. The minimum atomic E-state index is -2.83. The van der Waals surface area contributed by atoms with Crippen LogP contribution < -0.4 is 14.8 Å². The van der Waals surface area contributed by atoms with Crippen molar-refractivity contribution in [3.63, 3.8) is 0 Å². The van der Waals surface area contributed by atoms with Crippen LogP contribution in [0.2, 0.25) is 0 Å². The van der Waals surface area contributed by atoms with Gasteiger partial charge >= 0.3 is 6.61 Å². The van der Waals surface area contributed by atoms with Crippen molar-refractivity contribution in [3.8, 4) is 11.5 Å². The van der Waals surface area contributed by atoms with E-state index in [2.05, 4.69) is 17.0 Å². The fourth-order valence-corrected chi connectivity index (χ4v) is 1.72. The molecule has 0 spiro atoms. The van der Waals surface area contributed by atoms with Crippen LogP contribution in [0.1, 0.15) is 26.7 Å². The molecule has 1 atom stereocenters. The maximum Gasteiger partial charge on any atom is 0.387 e. The zero-order valence-electron chi connectivity index (χ0n) is 10.9. The highest BCUT2D eigenvalue weighted by Crippen LogP contribution is 2.31. The van der Waals surface area contributed by atoms with Gasteiger partial charge in [0.25, 0.3) is 0 Å². The molecule has 0 heterocycles. The van der Waals surface area contributed by atoms with Gasteiger partial charge < -0.3 is 14.8 Å². The third kappa shape index (κ3) is 4.39. The summed E-state index contributed by atoms with van der Waals surface area (Å²) in [6, 6.07) is 4.91. The van der Waals surface area contributed by atoms with Crippen LogP contribution in [-0.2, 0) is 0 Å². The number of rotatable bonds is 7. The lowest BCUT2D eigenvalue weighted by molar-refractivity contribution is -0.0494. The Balaban J connectivity index is 2.88. The molecular formula is C13H19F2NO2. The monoisotopic (exact) mass is 259 g/mol. The topological polar surface area (TPSA) is 30.5 Å². The fraction of sp³-hybridized carbons (Fsp3) is 0.538. The Morgan fingerprint density at radius 1 is 1.33 bits per heavy atom. The van der Waals surface area contributed by atoms with Gasteiger partial charge in [-0.25, -0.2) is 0 Å². The molecular weight excluding hydrogens is 240 g/mol. The van der Waals surface area contributed by atoms with Gasteiger partial charge in [-0.3, -0.25) is 0 Å². The highest BCUT2D eigenvalue weighted by molar-refractivity contribution is 5.60. The molecule has 1 rings (SSSR count). The Morgan fingerprint density at radius 2 is 2.06 bits per heavy atom. The molecule has 0 saturated heterocycles. The van der Waals surface area contributed by atoms with Gasteiger partial charge in [0.05, 0.1) is 12.8 Å². The second-order valence-electron chi connectivity index (χ2n) is 4.07. The second-order valence-corrected chi connectivity index (χ2v) is 4.07. The lowest BCUT2D eigenvalue weighted by atomic mass is 10.2. The molecule has 18 heavy (non-hydrogen) atoms. The van der Waals surface area contributed by atoms with E-state index in [0.29, 0.717) is 11.4 Å². The van der Waals surface area contributed by atoms with Gasteiger partial charge in [-0.1, -0.05) is 13.3 Å². The quantitative estimate of drug-likeness (QED) is 0.805. The Kier molecular flexibility index (Phi) is 5.68. The summed E-state index contributed by atoms with van der Waals surface area (Å²) in [5, 5.41) is 3.15. The van der Waals surface area contributed by atoms with Crippen molar-refractivity contribution in [2.24, 2.45) is 0 Å². The summed E-state index contributed by atoms with van der Waals surface area (Å²) >= 11 is 0. The van der Waals surface area contributed by atoms with Crippen LogP contribution in [0, 0.1) is 0 Å². The van der Waals surface area contributed by atoms with Gasteiger partial charge in [-0.15, -0.1) is 0 Å². The van der Waals surface area contributed by atoms with Crippen molar-refractivity contribution in [3.05, 3.63) is 18.2 Å². The normalized spacial score (nSPS) is 12.3. The predicted molar refractivity (Wildman–Crippen MR) is 67.6 cm³/mol. The molecule has 0 bridgehead atoms. The second kappa shape index (κ2) is 7.03. The Bertz CT molecular complexity index is 372. The lowest BCUT2D eigenvalue weighted by Crippen LogP contribution is -2.16. The lowest BCUT2D eigenvalue weighted by Gasteiger charge is -2.18. The molecule has 0 amide bonds. The van der Waals surface area contributed by atoms with E-state index in [1.807, 2.05) is 6.92 Å². The first-order chi connectivity index (χ1) is 8.56. The number of benzene rings is 1.